The van der Waals surface area contributed by atoms with Gasteiger partial charge in [0, 0.05) is 66.9 Å². The molecule has 6 heteroatoms. The summed E-state index contributed by atoms with van der Waals surface area (Å²) >= 11 is 0. The third kappa shape index (κ3) is 6.90. The van der Waals surface area contributed by atoms with Gasteiger partial charge in [-0.05, 0) is 135 Å². The fraction of sp³-hybridized carbons (Fsp3) is 0. The lowest BCUT2D eigenvalue weighted by molar-refractivity contribution is 1.17. The Bertz CT molecular complexity index is 4700. The van der Waals surface area contributed by atoms with Gasteiger partial charge in [-0.3, -0.25) is 0 Å². The van der Waals surface area contributed by atoms with Crippen molar-refractivity contribution in [2.24, 2.45) is 0 Å². The predicted octanol–water partition coefficient (Wildman–Crippen LogP) is 16.8. The highest BCUT2D eigenvalue weighted by Crippen LogP contribution is 2.50. The van der Waals surface area contributed by atoms with Crippen molar-refractivity contribution < 1.29 is 0 Å². The van der Waals surface area contributed by atoms with Crippen LogP contribution in [0.1, 0.15) is 5.56 Å². The van der Waals surface area contributed by atoms with E-state index in [-0.39, 0.29) is 6.71 Å². The molecule has 5 nitrogen and oxygen atoms in total. The second kappa shape index (κ2) is 17.7. The SMILES string of the molecule is N#Cc1ccc(N2c3cc(-n4c5ccccc5c5ccccc54)ccc3B3c4ccc(-n5c6ccccc6c6ccccc65)cc4N(c4ccc(-c5ccccc5)cc4)c4cc(-c5ccccc5)cc2c43)c(-c2ccccc2)c1. The van der Waals surface area contributed by atoms with E-state index >= 15 is 0 Å². The van der Waals surface area contributed by atoms with Gasteiger partial charge in [-0.25, -0.2) is 0 Å². The van der Waals surface area contributed by atoms with Crippen LogP contribution in [-0.2, 0) is 0 Å². The summed E-state index contributed by atoms with van der Waals surface area (Å²) in [4.78, 5) is 5.03. The molecule has 0 aliphatic carbocycles. The van der Waals surface area contributed by atoms with Gasteiger partial charge >= 0.3 is 0 Å². The molecule has 0 N–H and O–H groups in total. The Hall–Kier alpha value is -10.6. The smallest absolute Gasteiger partial charge is 0.252 e. The van der Waals surface area contributed by atoms with Crippen molar-refractivity contribution in [1.29, 1.82) is 5.26 Å². The van der Waals surface area contributed by atoms with Crippen molar-refractivity contribution in [3.63, 3.8) is 0 Å². The Kier molecular flexibility index (Phi) is 10.0. The standard InChI is InChI=1S/C73H46BN5/c75-47-48-32-41-68(61(42-48)52-22-8-3-9-23-52)79-70-46-56(78-66-30-16-12-26-59(66)60-27-13-17-31-67(60)78)38-40-63(70)74-62-39-37-55(77-64-28-14-10-24-57(64)58-25-11-15-29-65(58)77)45-69(62)76(54-35-33-51(34-36-54)49-18-4-1-5-19-49)71-43-53(44-72(79)73(71)74)50-20-6-2-7-21-50/h1-46H. The van der Waals surface area contributed by atoms with Crippen molar-refractivity contribution in [2.45, 2.75) is 0 Å². The number of nitriles is 1. The Labute approximate surface area is 458 Å². The molecule has 4 heterocycles. The van der Waals surface area contributed by atoms with E-state index in [9.17, 15) is 5.26 Å². The summed E-state index contributed by atoms with van der Waals surface area (Å²) in [6.45, 7) is -0.172. The molecule has 0 bridgehead atoms. The molecule has 0 unspecified atom stereocenters. The quantitative estimate of drug-likeness (QED) is 0.149. The van der Waals surface area contributed by atoms with E-state index in [1.165, 1.54) is 54.5 Å². The molecule has 0 fully saturated rings. The maximum atomic E-state index is 10.5. The first kappa shape index (κ1) is 44.7. The van der Waals surface area contributed by atoms with Gasteiger partial charge in [0.1, 0.15) is 0 Å². The van der Waals surface area contributed by atoms with E-state index in [1.54, 1.807) is 0 Å². The Morgan fingerprint density at radius 1 is 0.291 bits per heavy atom. The molecule has 366 valence electrons. The van der Waals surface area contributed by atoms with Crippen LogP contribution in [0.25, 0.3) is 88.4 Å². The highest BCUT2D eigenvalue weighted by atomic mass is 15.2. The van der Waals surface area contributed by atoms with Crippen LogP contribution in [0.15, 0.2) is 279 Å². The van der Waals surface area contributed by atoms with Crippen LogP contribution in [-0.4, -0.2) is 15.8 Å². The lowest BCUT2D eigenvalue weighted by atomic mass is 9.33. The zero-order valence-electron chi connectivity index (χ0n) is 42.9. The molecule has 2 aliphatic heterocycles. The molecule has 16 rings (SSSR count). The van der Waals surface area contributed by atoms with Crippen molar-refractivity contribution in [3.8, 4) is 50.8 Å². The molecule has 0 amide bonds. The highest BCUT2D eigenvalue weighted by molar-refractivity contribution is 7.00. The maximum Gasteiger partial charge on any atom is 0.252 e. The van der Waals surface area contributed by atoms with Gasteiger partial charge in [-0.15, -0.1) is 0 Å². The fourth-order valence-electron chi connectivity index (χ4n) is 13.1. The summed E-state index contributed by atoms with van der Waals surface area (Å²) in [5.74, 6) is 0. The second-order valence-electron chi connectivity index (χ2n) is 20.7. The van der Waals surface area contributed by atoms with E-state index in [4.69, 9.17) is 0 Å². The second-order valence-corrected chi connectivity index (χ2v) is 20.7. The van der Waals surface area contributed by atoms with E-state index in [0.717, 1.165) is 84.3 Å². The first-order chi connectivity index (χ1) is 39.2. The van der Waals surface area contributed by atoms with Crippen LogP contribution in [0.2, 0.25) is 0 Å². The number of fused-ring (bicyclic) bond motifs is 10. The summed E-state index contributed by atoms with van der Waals surface area (Å²) in [5, 5.41) is 15.4. The first-order valence-corrected chi connectivity index (χ1v) is 27.0. The molecule has 0 saturated carbocycles. The number of anilines is 6. The zero-order chi connectivity index (χ0) is 52.1. The largest absolute Gasteiger partial charge is 0.311 e. The number of hydrogen-bond donors (Lipinski definition) is 0. The summed E-state index contributed by atoms with van der Waals surface area (Å²) in [7, 11) is 0. The minimum absolute atomic E-state index is 0.172. The van der Waals surface area contributed by atoms with Gasteiger partial charge in [0.05, 0.1) is 39.4 Å². The Morgan fingerprint density at radius 3 is 1.19 bits per heavy atom. The van der Waals surface area contributed by atoms with E-state index in [0.29, 0.717) is 5.56 Å². The van der Waals surface area contributed by atoms with Gasteiger partial charge in [-0.2, -0.15) is 5.26 Å². The number of nitrogens with zero attached hydrogens (tertiary/aromatic N) is 5. The minimum Gasteiger partial charge on any atom is -0.311 e. The summed E-state index contributed by atoms with van der Waals surface area (Å²) in [6.07, 6.45) is 0. The molecular weight excluding hydrogens is 958 g/mol. The molecule has 2 aromatic heterocycles. The number of benzene rings is 12. The van der Waals surface area contributed by atoms with Crippen molar-refractivity contribution >= 4 is 101 Å². The van der Waals surface area contributed by atoms with Gasteiger partial charge in [-0.1, -0.05) is 188 Å². The van der Waals surface area contributed by atoms with Crippen molar-refractivity contribution in [1.82, 2.24) is 9.13 Å². The minimum atomic E-state index is -0.172. The average Bonchev–Trinajstić information content (AvgIpc) is 4.19. The fourth-order valence-corrected chi connectivity index (χ4v) is 13.1. The molecule has 2 aliphatic rings. The van der Waals surface area contributed by atoms with Crippen LogP contribution in [0.5, 0.6) is 0 Å². The first-order valence-electron chi connectivity index (χ1n) is 27.0. The molecule has 12 aromatic carbocycles. The van der Waals surface area contributed by atoms with Crippen LogP contribution >= 0.6 is 0 Å². The van der Waals surface area contributed by atoms with E-state index in [1.807, 2.05) is 6.07 Å². The molecule has 0 saturated heterocycles. The van der Waals surface area contributed by atoms with Gasteiger partial charge < -0.3 is 18.9 Å². The third-order valence-corrected chi connectivity index (χ3v) is 16.5. The number of hydrogen-bond acceptors (Lipinski definition) is 3. The molecule has 0 radical (unpaired) electrons. The maximum absolute atomic E-state index is 10.5. The van der Waals surface area contributed by atoms with Crippen LogP contribution in [0.4, 0.5) is 34.1 Å². The van der Waals surface area contributed by atoms with Crippen LogP contribution in [0.3, 0.4) is 0 Å². The molecule has 79 heavy (non-hydrogen) atoms. The summed E-state index contributed by atoms with van der Waals surface area (Å²) < 4.78 is 4.86. The van der Waals surface area contributed by atoms with Gasteiger partial charge in [0.15, 0.2) is 0 Å². The molecule has 14 aromatic rings. The van der Waals surface area contributed by atoms with Crippen molar-refractivity contribution in [3.05, 3.63) is 285 Å². The molecule has 0 atom stereocenters. The summed E-state index contributed by atoms with van der Waals surface area (Å²) in [6, 6.07) is 104. The zero-order valence-corrected chi connectivity index (χ0v) is 42.9. The highest BCUT2D eigenvalue weighted by Gasteiger charge is 2.44. The van der Waals surface area contributed by atoms with Crippen LogP contribution in [0, 0.1) is 11.3 Å². The monoisotopic (exact) mass is 1000 g/mol. The van der Waals surface area contributed by atoms with Gasteiger partial charge in [0.25, 0.3) is 6.71 Å². The molecule has 0 spiro atoms. The predicted molar refractivity (Wildman–Crippen MR) is 330 cm³/mol. The lowest BCUT2D eigenvalue weighted by Gasteiger charge is -2.45. The topological polar surface area (TPSA) is 40.1 Å². The normalized spacial score (nSPS) is 12.5. The third-order valence-electron chi connectivity index (χ3n) is 16.5. The summed E-state index contributed by atoms with van der Waals surface area (Å²) in [5.41, 5.74) is 24.0. The van der Waals surface area contributed by atoms with E-state index < -0.39 is 0 Å². The van der Waals surface area contributed by atoms with E-state index in [2.05, 4.69) is 298 Å². The number of aromatic nitrogens is 2. The number of rotatable bonds is 7. The average molecular weight is 1000 g/mol. The number of para-hydroxylation sites is 4. The molecular formula is C73H46BN5. The lowest BCUT2D eigenvalue weighted by Crippen LogP contribution is -2.61. The van der Waals surface area contributed by atoms with Crippen molar-refractivity contribution in [2.75, 3.05) is 9.80 Å². The Morgan fingerprint density at radius 2 is 0.696 bits per heavy atom. The Balaban J connectivity index is 1.03. The van der Waals surface area contributed by atoms with Crippen LogP contribution < -0.4 is 26.2 Å². The van der Waals surface area contributed by atoms with Gasteiger partial charge in [0.2, 0.25) is 0 Å².